The van der Waals surface area contributed by atoms with Gasteiger partial charge in [-0.15, -0.1) is 11.3 Å². The maximum absolute atomic E-state index is 13.1. The molecule has 0 aliphatic rings. The molecule has 0 saturated carbocycles. The molecule has 2 unspecified atom stereocenters. The summed E-state index contributed by atoms with van der Waals surface area (Å²) in [7, 11) is 0. The molecule has 0 fully saturated rings. The summed E-state index contributed by atoms with van der Waals surface area (Å²) in [5.74, 6) is 0.701. The standard InChI is InChI=1S/C27H28N4O2S/c1-4-17(2)19-9-11-20(12-10-19)25(23-8-6-14-34-23)30-24(32)15-22-18(3)29-26(31-27(22)33)21-7-5-13-28-16-21/h5-14,16-17,25H,4,15H2,1-3H3,(H,30,32)(H,29,31,33). The summed E-state index contributed by atoms with van der Waals surface area (Å²) < 4.78 is 0. The second kappa shape index (κ2) is 10.6. The molecule has 3 aromatic heterocycles. The number of nitrogens with zero attached hydrogens (tertiary/aromatic N) is 2. The van der Waals surface area contributed by atoms with Crippen molar-refractivity contribution in [3.05, 3.63) is 104 Å². The van der Waals surface area contributed by atoms with E-state index in [1.54, 1.807) is 36.7 Å². The lowest BCUT2D eigenvalue weighted by Crippen LogP contribution is -2.32. The highest BCUT2D eigenvalue weighted by Crippen LogP contribution is 2.28. The molecule has 7 heteroatoms. The molecule has 0 aliphatic carbocycles. The van der Waals surface area contributed by atoms with Crippen molar-refractivity contribution in [2.75, 3.05) is 0 Å². The van der Waals surface area contributed by atoms with Gasteiger partial charge in [0.1, 0.15) is 5.82 Å². The number of benzene rings is 1. The molecule has 0 radical (unpaired) electrons. The van der Waals surface area contributed by atoms with Gasteiger partial charge in [0.15, 0.2) is 0 Å². The van der Waals surface area contributed by atoms with Crippen LogP contribution in [0, 0.1) is 6.92 Å². The predicted molar refractivity (Wildman–Crippen MR) is 136 cm³/mol. The van der Waals surface area contributed by atoms with Gasteiger partial charge in [0.05, 0.1) is 12.5 Å². The number of hydrogen-bond acceptors (Lipinski definition) is 5. The van der Waals surface area contributed by atoms with Gasteiger partial charge in [-0.05, 0) is 54.0 Å². The molecule has 1 aromatic carbocycles. The highest BCUT2D eigenvalue weighted by atomic mass is 32.1. The van der Waals surface area contributed by atoms with Crippen LogP contribution in [-0.2, 0) is 11.2 Å². The number of thiophene rings is 1. The van der Waals surface area contributed by atoms with E-state index in [9.17, 15) is 9.59 Å². The number of carbonyl (C=O) groups excluding carboxylic acids is 1. The van der Waals surface area contributed by atoms with E-state index in [-0.39, 0.29) is 23.9 Å². The third kappa shape index (κ3) is 5.31. The molecule has 0 bridgehead atoms. The maximum Gasteiger partial charge on any atom is 0.255 e. The fourth-order valence-electron chi connectivity index (χ4n) is 3.86. The predicted octanol–water partition coefficient (Wildman–Crippen LogP) is 5.16. The van der Waals surface area contributed by atoms with Crippen LogP contribution < -0.4 is 10.9 Å². The summed E-state index contributed by atoms with van der Waals surface area (Å²) in [6, 6.07) is 15.7. The summed E-state index contributed by atoms with van der Waals surface area (Å²) in [5, 5.41) is 5.13. The van der Waals surface area contributed by atoms with Crippen molar-refractivity contribution in [3.8, 4) is 11.4 Å². The zero-order valence-electron chi connectivity index (χ0n) is 19.5. The van der Waals surface area contributed by atoms with Crippen LogP contribution in [0.2, 0.25) is 0 Å². The number of amides is 1. The Morgan fingerprint density at radius 2 is 1.88 bits per heavy atom. The average Bonchev–Trinajstić information content (AvgIpc) is 3.39. The van der Waals surface area contributed by atoms with E-state index in [2.05, 4.69) is 58.4 Å². The molecule has 34 heavy (non-hydrogen) atoms. The SMILES string of the molecule is CCC(C)c1ccc(C(NC(=O)Cc2c(C)nc(-c3cccnc3)[nH]c2=O)c2cccs2)cc1. The fraction of sp³-hybridized carbons (Fsp3) is 0.259. The third-order valence-corrected chi connectivity index (χ3v) is 7.02. The lowest BCUT2D eigenvalue weighted by atomic mass is 9.95. The van der Waals surface area contributed by atoms with Crippen LogP contribution in [0.3, 0.4) is 0 Å². The Bertz CT molecular complexity index is 1300. The first-order valence-corrected chi connectivity index (χ1v) is 12.3. The molecule has 2 N–H and O–H groups in total. The van der Waals surface area contributed by atoms with E-state index in [0.717, 1.165) is 22.4 Å². The van der Waals surface area contributed by atoms with Crippen LogP contribution >= 0.6 is 11.3 Å². The summed E-state index contributed by atoms with van der Waals surface area (Å²) in [6.07, 6.45) is 4.33. The maximum atomic E-state index is 13.1. The number of H-pyrrole nitrogens is 1. The van der Waals surface area contributed by atoms with Gasteiger partial charge in [0, 0.05) is 34.1 Å². The topological polar surface area (TPSA) is 87.7 Å². The molecule has 2 atom stereocenters. The van der Waals surface area contributed by atoms with E-state index >= 15 is 0 Å². The Balaban J connectivity index is 1.55. The van der Waals surface area contributed by atoms with Crippen molar-refractivity contribution in [1.29, 1.82) is 0 Å². The minimum atomic E-state index is -0.313. The number of aromatic nitrogens is 3. The number of hydrogen-bond donors (Lipinski definition) is 2. The van der Waals surface area contributed by atoms with Gasteiger partial charge in [-0.3, -0.25) is 14.6 Å². The van der Waals surface area contributed by atoms with Crippen LogP contribution in [-0.4, -0.2) is 20.9 Å². The van der Waals surface area contributed by atoms with Crippen molar-refractivity contribution in [3.63, 3.8) is 0 Å². The number of pyridine rings is 1. The van der Waals surface area contributed by atoms with Crippen LogP contribution in [0.5, 0.6) is 0 Å². The first-order chi connectivity index (χ1) is 16.5. The van der Waals surface area contributed by atoms with Gasteiger partial charge >= 0.3 is 0 Å². The second-order valence-electron chi connectivity index (χ2n) is 8.39. The van der Waals surface area contributed by atoms with E-state index in [4.69, 9.17) is 0 Å². The zero-order chi connectivity index (χ0) is 24.1. The quantitative estimate of drug-likeness (QED) is 0.371. The van der Waals surface area contributed by atoms with Crippen LogP contribution in [0.15, 0.2) is 71.1 Å². The lowest BCUT2D eigenvalue weighted by Gasteiger charge is -2.19. The van der Waals surface area contributed by atoms with Crippen molar-refractivity contribution in [2.45, 2.75) is 45.6 Å². The fourth-order valence-corrected chi connectivity index (χ4v) is 4.66. The van der Waals surface area contributed by atoms with Gasteiger partial charge in [0.25, 0.3) is 5.56 Å². The van der Waals surface area contributed by atoms with Gasteiger partial charge < -0.3 is 10.3 Å². The molecular formula is C27H28N4O2S. The Hall–Kier alpha value is -3.58. The molecule has 0 spiro atoms. The van der Waals surface area contributed by atoms with E-state index in [0.29, 0.717) is 23.0 Å². The highest BCUT2D eigenvalue weighted by Gasteiger charge is 2.20. The van der Waals surface area contributed by atoms with Crippen molar-refractivity contribution < 1.29 is 4.79 Å². The normalized spacial score (nSPS) is 12.8. The number of carbonyl (C=O) groups is 1. The Kier molecular flexibility index (Phi) is 7.33. The minimum Gasteiger partial charge on any atom is -0.344 e. The van der Waals surface area contributed by atoms with Crippen LogP contribution in [0.25, 0.3) is 11.4 Å². The summed E-state index contributed by atoms with van der Waals surface area (Å²) >= 11 is 1.59. The number of rotatable bonds is 8. The van der Waals surface area contributed by atoms with Gasteiger partial charge in [-0.1, -0.05) is 44.2 Å². The third-order valence-electron chi connectivity index (χ3n) is 6.08. The molecule has 4 rings (SSSR count). The molecule has 3 heterocycles. The van der Waals surface area contributed by atoms with Gasteiger partial charge in [0.2, 0.25) is 5.91 Å². The molecule has 0 saturated heterocycles. The first kappa shape index (κ1) is 23.6. The molecule has 0 aliphatic heterocycles. The molecule has 6 nitrogen and oxygen atoms in total. The Morgan fingerprint density at radius 1 is 1.12 bits per heavy atom. The zero-order valence-corrected chi connectivity index (χ0v) is 20.4. The lowest BCUT2D eigenvalue weighted by molar-refractivity contribution is -0.120. The van der Waals surface area contributed by atoms with Crippen LogP contribution in [0.4, 0.5) is 0 Å². The van der Waals surface area contributed by atoms with E-state index in [1.165, 1.54) is 5.56 Å². The smallest absolute Gasteiger partial charge is 0.255 e. The number of nitrogens with one attached hydrogen (secondary N) is 2. The number of aromatic amines is 1. The van der Waals surface area contributed by atoms with Crippen molar-refractivity contribution >= 4 is 17.2 Å². The van der Waals surface area contributed by atoms with Crippen molar-refractivity contribution in [1.82, 2.24) is 20.3 Å². The van der Waals surface area contributed by atoms with Gasteiger partial charge in [-0.2, -0.15) is 0 Å². The van der Waals surface area contributed by atoms with E-state index < -0.39 is 0 Å². The largest absolute Gasteiger partial charge is 0.344 e. The monoisotopic (exact) mass is 472 g/mol. The average molecular weight is 473 g/mol. The Morgan fingerprint density at radius 3 is 2.50 bits per heavy atom. The molecular weight excluding hydrogens is 444 g/mol. The summed E-state index contributed by atoms with van der Waals surface area (Å²) in [5.41, 5.74) is 3.60. The summed E-state index contributed by atoms with van der Waals surface area (Å²) in [4.78, 5) is 38.3. The van der Waals surface area contributed by atoms with Crippen LogP contribution in [0.1, 0.15) is 59.5 Å². The highest BCUT2D eigenvalue weighted by molar-refractivity contribution is 7.10. The van der Waals surface area contributed by atoms with E-state index in [1.807, 2.05) is 23.6 Å². The summed E-state index contributed by atoms with van der Waals surface area (Å²) in [6.45, 7) is 6.14. The van der Waals surface area contributed by atoms with Gasteiger partial charge in [-0.25, -0.2) is 4.98 Å². The minimum absolute atomic E-state index is 0.0473. The Labute approximate surface area is 203 Å². The van der Waals surface area contributed by atoms with Crippen molar-refractivity contribution in [2.24, 2.45) is 0 Å². The molecule has 4 aromatic rings. The molecule has 174 valence electrons. The first-order valence-electron chi connectivity index (χ1n) is 11.4. The molecule has 1 amide bonds. The number of aryl methyl sites for hydroxylation is 1. The second-order valence-corrected chi connectivity index (χ2v) is 9.37.